The highest BCUT2D eigenvalue weighted by molar-refractivity contribution is 7.13. The highest BCUT2D eigenvalue weighted by Gasteiger charge is 2.31. The number of hydrogen-bond acceptors (Lipinski definition) is 8. The van der Waals surface area contributed by atoms with Crippen molar-refractivity contribution >= 4 is 28.7 Å². The number of carbonyl (C=O) groups excluding carboxylic acids is 2. The van der Waals surface area contributed by atoms with E-state index in [-0.39, 0.29) is 5.92 Å². The number of β-amino-alcohol motifs (C(OH)–C–C–N with tert-alkyl or cyclic N) is 1. The molecule has 1 fully saturated rings. The van der Waals surface area contributed by atoms with Crippen molar-refractivity contribution in [1.29, 1.82) is 0 Å². The summed E-state index contributed by atoms with van der Waals surface area (Å²) in [6.07, 6.45) is -0.821. The quantitative estimate of drug-likeness (QED) is 0.621. The summed E-state index contributed by atoms with van der Waals surface area (Å²) in [7, 11) is 0. The summed E-state index contributed by atoms with van der Waals surface area (Å²) in [6, 6.07) is 0. The number of ether oxygens (including phenoxy) is 2. The summed E-state index contributed by atoms with van der Waals surface area (Å²) < 4.78 is 10.4. The van der Waals surface area contributed by atoms with E-state index in [0.717, 1.165) is 5.69 Å². The maximum absolute atomic E-state index is 11.8. The van der Waals surface area contributed by atoms with Gasteiger partial charge < -0.3 is 19.9 Å². The van der Waals surface area contributed by atoms with Crippen LogP contribution in [0.25, 0.3) is 0 Å². The van der Waals surface area contributed by atoms with Crippen LogP contribution in [0.2, 0.25) is 0 Å². The first kappa shape index (κ1) is 24.4. The molecule has 0 unspecified atom stereocenters. The number of aliphatic hydroxyl groups is 1. The van der Waals surface area contributed by atoms with E-state index < -0.39 is 29.5 Å². The zero-order chi connectivity index (χ0) is 22.5. The lowest BCUT2D eigenvalue weighted by atomic mass is 10.0. The van der Waals surface area contributed by atoms with Gasteiger partial charge in [-0.3, -0.25) is 10.2 Å². The number of anilines is 1. The van der Waals surface area contributed by atoms with Crippen LogP contribution in [0, 0.1) is 5.92 Å². The molecule has 0 saturated carbocycles. The van der Waals surface area contributed by atoms with Gasteiger partial charge in [-0.15, -0.1) is 11.3 Å². The maximum Gasteiger partial charge on any atom is 0.413 e. The number of aromatic nitrogens is 1. The lowest BCUT2D eigenvalue weighted by Gasteiger charge is -2.21. The molecule has 3 N–H and O–H groups in total. The third-order valence-corrected chi connectivity index (χ3v) is 5.02. The lowest BCUT2D eigenvalue weighted by Crippen LogP contribution is -2.37. The van der Waals surface area contributed by atoms with E-state index in [1.807, 2.05) is 26.2 Å². The van der Waals surface area contributed by atoms with Gasteiger partial charge in [-0.1, -0.05) is 0 Å². The molecule has 2 rings (SSSR count). The van der Waals surface area contributed by atoms with Crippen LogP contribution in [0.3, 0.4) is 0 Å². The van der Waals surface area contributed by atoms with Gasteiger partial charge in [0.05, 0.1) is 11.8 Å². The molecular formula is C20H34N4O5S. The fourth-order valence-electron chi connectivity index (χ4n) is 3.07. The van der Waals surface area contributed by atoms with Crippen molar-refractivity contribution < 1.29 is 24.2 Å². The molecule has 0 bridgehead atoms. The molecule has 1 saturated heterocycles. The van der Waals surface area contributed by atoms with E-state index in [9.17, 15) is 14.7 Å². The number of amides is 2. The molecule has 1 aromatic rings. The van der Waals surface area contributed by atoms with Crippen molar-refractivity contribution in [3.05, 3.63) is 11.1 Å². The van der Waals surface area contributed by atoms with Crippen LogP contribution in [-0.2, 0) is 15.9 Å². The van der Waals surface area contributed by atoms with Crippen LogP contribution in [0.1, 0.15) is 47.2 Å². The average Bonchev–Trinajstić information content (AvgIpc) is 3.11. The summed E-state index contributed by atoms with van der Waals surface area (Å²) in [6.45, 7) is 13.2. The Labute approximate surface area is 182 Å². The van der Waals surface area contributed by atoms with E-state index in [4.69, 9.17) is 9.47 Å². The number of carbonyl (C=O) groups is 2. The van der Waals surface area contributed by atoms with E-state index in [2.05, 4.69) is 20.5 Å². The summed E-state index contributed by atoms with van der Waals surface area (Å²) in [5.74, 6) is 0.0444. The predicted molar refractivity (Wildman–Crippen MR) is 116 cm³/mol. The number of aliphatic hydroxyl groups excluding tert-OH is 1. The highest BCUT2D eigenvalue weighted by atomic mass is 32.1. The second-order valence-electron chi connectivity index (χ2n) is 9.49. The zero-order valence-corrected chi connectivity index (χ0v) is 19.5. The number of hydrogen-bond donors (Lipinski definition) is 3. The summed E-state index contributed by atoms with van der Waals surface area (Å²) in [4.78, 5) is 30.1. The molecule has 0 aromatic carbocycles. The molecule has 2 atom stereocenters. The first-order valence-corrected chi connectivity index (χ1v) is 11.0. The Kier molecular flexibility index (Phi) is 8.06. The van der Waals surface area contributed by atoms with Crippen molar-refractivity contribution in [2.24, 2.45) is 5.92 Å². The molecule has 170 valence electrons. The number of likely N-dealkylation sites (tertiary alicyclic amines) is 1. The SMILES string of the molecule is CC(C)(C)OC(=O)NCCN1C[C@H](Cc2csc(NC(=O)OC(C)(C)C)n2)[C@@H](O)C1. The molecule has 0 spiro atoms. The van der Waals surface area contributed by atoms with E-state index in [0.29, 0.717) is 37.7 Å². The molecule has 2 amide bonds. The Morgan fingerprint density at radius 2 is 1.80 bits per heavy atom. The third-order valence-electron chi connectivity index (χ3n) is 4.21. The fourth-order valence-corrected chi connectivity index (χ4v) is 3.78. The van der Waals surface area contributed by atoms with Crippen molar-refractivity contribution in [1.82, 2.24) is 15.2 Å². The van der Waals surface area contributed by atoms with Gasteiger partial charge in [0.25, 0.3) is 0 Å². The topological polar surface area (TPSA) is 113 Å². The van der Waals surface area contributed by atoms with Crippen LogP contribution in [0.4, 0.5) is 14.7 Å². The second-order valence-corrected chi connectivity index (χ2v) is 10.3. The third kappa shape index (κ3) is 8.85. The van der Waals surface area contributed by atoms with Gasteiger partial charge in [-0.25, -0.2) is 14.6 Å². The molecule has 2 heterocycles. The van der Waals surface area contributed by atoms with Gasteiger partial charge in [0.15, 0.2) is 5.13 Å². The largest absolute Gasteiger partial charge is 0.444 e. The molecular weight excluding hydrogens is 408 g/mol. The highest BCUT2D eigenvalue weighted by Crippen LogP contribution is 2.24. The minimum Gasteiger partial charge on any atom is -0.444 e. The van der Waals surface area contributed by atoms with Gasteiger partial charge in [0.1, 0.15) is 11.2 Å². The summed E-state index contributed by atoms with van der Waals surface area (Å²) >= 11 is 1.33. The van der Waals surface area contributed by atoms with Crippen molar-refractivity contribution in [3.63, 3.8) is 0 Å². The first-order valence-electron chi connectivity index (χ1n) is 10.1. The Hall–Kier alpha value is -1.91. The molecule has 1 aromatic heterocycles. The molecule has 0 radical (unpaired) electrons. The van der Waals surface area contributed by atoms with Gasteiger partial charge in [0, 0.05) is 37.5 Å². The van der Waals surface area contributed by atoms with E-state index >= 15 is 0 Å². The number of nitrogens with one attached hydrogen (secondary N) is 2. The van der Waals surface area contributed by atoms with Crippen LogP contribution >= 0.6 is 11.3 Å². The van der Waals surface area contributed by atoms with Crippen LogP contribution in [-0.4, -0.2) is 70.7 Å². The molecule has 9 nitrogen and oxygen atoms in total. The van der Waals surface area contributed by atoms with Crippen LogP contribution < -0.4 is 10.6 Å². The number of thiazole rings is 1. The Balaban J connectivity index is 1.76. The predicted octanol–water partition coefficient (Wildman–Crippen LogP) is 2.85. The minimum absolute atomic E-state index is 0.0444. The van der Waals surface area contributed by atoms with E-state index in [1.54, 1.807) is 20.8 Å². The fraction of sp³-hybridized carbons (Fsp3) is 0.750. The zero-order valence-electron chi connectivity index (χ0n) is 18.7. The van der Waals surface area contributed by atoms with E-state index in [1.165, 1.54) is 11.3 Å². The Bertz CT molecular complexity index is 726. The summed E-state index contributed by atoms with van der Waals surface area (Å²) in [5.41, 5.74) is -0.271. The standard InChI is InChI=1S/C20H34N4O5S/c1-19(2,3)28-17(26)21-7-8-24-10-13(15(25)11-24)9-14-12-30-16(22-14)23-18(27)29-20(4,5)6/h12-13,15,25H,7-11H2,1-6H3,(H,21,26)(H,22,23,27)/t13-,15-/m0/s1. The van der Waals surface area contributed by atoms with Crippen molar-refractivity contribution in [2.75, 3.05) is 31.5 Å². The lowest BCUT2D eigenvalue weighted by molar-refractivity contribution is 0.0522. The second kappa shape index (κ2) is 9.93. The number of alkyl carbamates (subject to hydrolysis) is 1. The van der Waals surface area contributed by atoms with Gasteiger partial charge >= 0.3 is 12.2 Å². The number of nitrogens with zero attached hydrogens (tertiary/aromatic N) is 2. The first-order chi connectivity index (χ1) is 13.8. The molecule has 10 heteroatoms. The Morgan fingerprint density at radius 3 is 2.43 bits per heavy atom. The molecule has 1 aliphatic rings. The maximum atomic E-state index is 11.8. The minimum atomic E-state index is -0.570. The van der Waals surface area contributed by atoms with Crippen LogP contribution in [0.15, 0.2) is 5.38 Å². The van der Waals surface area contributed by atoms with Gasteiger partial charge in [-0.05, 0) is 48.0 Å². The van der Waals surface area contributed by atoms with Crippen molar-refractivity contribution in [2.45, 2.75) is 65.3 Å². The van der Waals surface area contributed by atoms with Crippen LogP contribution in [0.5, 0.6) is 0 Å². The van der Waals surface area contributed by atoms with Gasteiger partial charge in [0.2, 0.25) is 0 Å². The van der Waals surface area contributed by atoms with Gasteiger partial charge in [-0.2, -0.15) is 0 Å². The molecule has 0 aliphatic carbocycles. The smallest absolute Gasteiger partial charge is 0.413 e. The Morgan fingerprint density at radius 1 is 1.17 bits per heavy atom. The number of rotatable bonds is 6. The molecule has 1 aliphatic heterocycles. The summed E-state index contributed by atoms with van der Waals surface area (Å²) in [5, 5.41) is 18.1. The monoisotopic (exact) mass is 442 g/mol. The average molecular weight is 443 g/mol. The van der Waals surface area contributed by atoms with Crippen molar-refractivity contribution in [3.8, 4) is 0 Å². The normalized spacial score (nSPS) is 20.1. The molecule has 30 heavy (non-hydrogen) atoms.